The summed E-state index contributed by atoms with van der Waals surface area (Å²) in [4.78, 5) is 14.2. The highest BCUT2D eigenvalue weighted by Crippen LogP contribution is 2.34. The van der Waals surface area contributed by atoms with E-state index in [-0.39, 0.29) is 5.91 Å². The monoisotopic (exact) mass is 285 g/mol. The zero-order valence-electron chi connectivity index (χ0n) is 12.3. The van der Waals surface area contributed by atoms with Gasteiger partial charge in [0, 0.05) is 6.54 Å². The predicted molar refractivity (Wildman–Crippen MR) is 79.0 cm³/mol. The summed E-state index contributed by atoms with van der Waals surface area (Å²) >= 11 is 0. The number of carbonyl (C=O) groups is 1. The Labute approximate surface area is 124 Å². The molecule has 4 heteroatoms. The van der Waals surface area contributed by atoms with Crippen molar-refractivity contribution in [3.05, 3.63) is 59.0 Å². The van der Waals surface area contributed by atoms with Crippen LogP contribution in [0.1, 0.15) is 33.7 Å². The highest BCUT2D eigenvalue weighted by atomic mass is 16.3. The molecule has 1 amide bonds. The van der Waals surface area contributed by atoms with E-state index in [0.29, 0.717) is 30.8 Å². The van der Waals surface area contributed by atoms with Crippen LogP contribution in [0.2, 0.25) is 0 Å². The molecular weight excluding hydrogens is 266 g/mol. The highest BCUT2D eigenvalue weighted by Gasteiger charge is 2.40. The largest absolute Gasteiger partial charge is 0.469 e. The van der Waals surface area contributed by atoms with E-state index in [1.54, 1.807) is 17.9 Å². The molecule has 0 bridgehead atoms. The van der Waals surface area contributed by atoms with Crippen LogP contribution in [-0.4, -0.2) is 29.0 Å². The average molecular weight is 285 g/mol. The number of benzene rings is 1. The van der Waals surface area contributed by atoms with Crippen LogP contribution in [0, 0.1) is 13.8 Å². The normalized spacial score (nSPS) is 21.8. The van der Waals surface area contributed by atoms with E-state index in [9.17, 15) is 9.90 Å². The summed E-state index contributed by atoms with van der Waals surface area (Å²) in [6, 6.07) is 9.48. The van der Waals surface area contributed by atoms with E-state index in [1.807, 2.05) is 31.2 Å². The lowest BCUT2D eigenvalue weighted by Gasteiger charge is -2.25. The van der Waals surface area contributed by atoms with Crippen LogP contribution in [0.25, 0.3) is 0 Å². The third-order valence-electron chi connectivity index (χ3n) is 4.27. The van der Waals surface area contributed by atoms with Crippen molar-refractivity contribution in [2.45, 2.75) is 25.9 Å². The van der Waals surface area contributed by atoms with Crippen molar-refractivity contribution in [1.82, 2.24) is 4.90 Å². The number of amides is 1. The predicted octanol–water partition coefficient (Wildman–Crippen LogP) is 2.63. The molecular formula is C17H19NO3. The Bertz CT molecular complexity index is 676. The Morgan fingerprint density at radius 1 is 1.29 bits per heavy atom. The number of aryl methyl sites for hydroxylation is 2. The number of β-amino-alcohol motifs (C(OH)–C–C–N with tert-alkyl or cyclic N) is 1. The van der Waals surface area contributed by atoms with Gasteiger partial charge in [-0.3, -0.25) is 4.79 Å². The zero-order chi connectivity index (χ0) is 15.0. The van der Waals surface area contributed by atoms with E-state index in [4.69, 9.17) is 4.42 Å². The van der Waals surface area contributed by atoms with E-state index in [2.05, 4.69) is 0 Å². The molecule has 1 aromatic carbocycles. The van der Waals surface area contributed by atoms with Crippen molar-refractivity contribution >= 4 is 5.91 Å². The lowest BCUT2D eigenvalue weighted by Crippen LogP contribution is -2.34. The summed E-state index contributed by atoms with van der Waals surface area (Å²) < 4.78 is 5.19. The van der Waals surface area contributed by atoms with Crippen LogP contribution in [0.15, 0.2) is 41.0 Å². The summed E-state index contributed by atoms with van der Waals surface area (Å²) in [7, 11) is 0. The van der Waals surface area contributed by atoms with E-state index in [0.717, 1.165) is 11.1 Å². The lowest BCUT2D eigenvalue weighted by atomic mass is 9.89. The molecule has 1 atom stereocenters. The second-order valence-corrected chi connectivity index (χ2v) is 5.71. The van der Waals surface area contributed by atoms with Crippen LogP contribution in [0.5, 0.6) is 0 Å². The average Bonchev–Trinajstić information content (AvgIpc) is 3.06. The van der Waals surface area contributed by atoms with Crippen molar-refractivity contribution < 1.29 is 14.3 Å². The Balaban J connectivity index is 1.84. The molecule has 0 saturated carbocycles. The number of aliphatic hydroxyl groups is 1. The summed E-state index contributed by atoms with van der Waals surface area (Å²) in [6.07, 6.45) is 2.08. The zero-order valence-corrected chi connectivity index (χ0v) is 12.3. The second-order valence-electron chi connectivity index (χ2n) is 5.71. The summed E-state index contributed by atoms with van der Waals surface area (Å²) in [5.74, 6) is 0.539. The molecule has 0 spiro atoms. The van der Waals surface area contributed by atoms with Gasteiger partial charge in [-0.2, -0.15) is 0 Å². The van der Waals surface area contributed by atoms with E-state index >= 15 is 0 Å². The van der Waals surface area contributed by atoms with Crippen LogP contribution in [-0.2, 0) is 5.60 Å². The van der Waals surface area contributed by atoms with Crippen molar-refractivity contribution in [1.29, 1.82) is 0 Å². The Kier molecular flexibility index (Phi) is 3.33. The van der Waals surface area contributed by atoms with Gasteiger partial charge in [0.25, 0.3) is 5.91 Å². The smallest absolute Gasteiger partial charge is 0.257 e. The van der Waals surface area contributed by atoms with Gasteiger partial charge in [-0.05, 0) is 37.5 Å². The Hall–Kier alpha value is -2.07. The number of hydrogen-bond donors (Lipinski definition) is 1. The molecule has 1 unspecified atom stereocenters. The van der Waals surface area contributed by atoms with E-state index < -0.39 is 5.60 Å². The number of carbonyl (C=O) groups excluding carboxylic acids is 1. The first-order chi connectivity index (χ1) is 10.0. The first-order valence-corrected chi connectivity index (χ1v) is 7.13. The van der Waals surface area contributed by atoms with Gasteiger partial charge < -0.3 is 14.4 Å². The van der Waals surface area contributed by atoms with Crippen molar-refractivity contribution in [2.24, 2.45) is 0 Å². The fourth-order valence-electron chi connectivity index (χ4n) is 3.06. The van der Waals surface area contributed by atoms with Crippen molar-refractivity contribution in [3.8, 4) is 0 Å². The van der Waals surface area contributed by atoms with Crippen LogP contribution >= 0.6 is 0 Å². The van der Waals surface area contributed by atoms with Gasteiger partial charge in [0.1, 0.15) is 11.4 Å². The number of likely N-dealkylation sites (tertiary alicyclic amines) is 1. The molecule has 1 aromatic heterocycles. The third kappa shape index (κ3) is 2.36. The van der Waals surface area contributed by atoms with E-state index in [1.165, 1.54) is 6.26 Å². The van der Waals surface area contributed by atoms with Crippen LogP contribution in [0.4, 0.5) is 0 Å². The fourth-order valence-corrected chi connectivity index (χ4v) is 3.06. The summed E-state index contributed by atoms with van der Waals surface area (Å²) in [5, 5.41) is 10.9. The molecule has 1 N–H and O–H groups in total. The molecule has 0 aliphatic carbocycles. The molecule has 4 nitrogen and oxygen atoms in total. The standard InChI is InChI=1S/C17H19NO3/c1-12-5-3-4-6-15(12)17(20)8-9-18(11-17)16(19)14-7-10-21-13(14)2/h3-7,10,20H,8-9,11H2,1-2H3. The maximum atomic E-state index is 12.5. The van der Waals surface area contributed by atoms with Gasteiger partial charge in [0.2, 0.25) is 0 Å². The minimum atomic E-state index is -0.960. The SMILES string of the molecule is Cc1ccccc1C1(O)CCN(C(=O)c2ccoc2C)C1. The summed E-state index contributed by atoms with van der Waals surface area (Å²) in [5.41, 5.74) is 1.57. The first-order valence-electron chi connectivity index (χ1n) is 7.13. The minimum Gasteiger partial charge on any atom is -0.469 e. The number of furan rings is 1. The van der Waals surface area contributed by atoms with Gasteiger partial charge in [-0.25, -0.2) is 0 Å². The van der Waals surface area contributed by atoms with Gasteiger partial charge in [-0.1, -0.05) is 24.3 Å². The third-order valence-corrected chi connectivity index (χ3v) is 4.27. The quantitative estimate of drug-likeness (QED) is 0.923. The first kappa shape index (κ1) is 13.9. The molecule has 110 valence electrons. The molecule has 1 aliphatic rings. The minimum absolute atomic E-state index is 0.0780. The molecule has 1 aliphatic heterocycles. The molecule has 1 saturated heterocycles. The fraction of sp³-hybridized carbons (Fsp3) is 0.353. The maximum Gasteiger partial charge on any atom is 0.257 e. The number of nitrogens with zero attached hydrogens (tertiary/aromatic N) is 1. The van der Waals surface area contributed by atoms with Gasteiger partial charge in [-0.15, -0.1) is 0 Å². The van der Waals surface area contributed by atoms with Gasteiger partial charge in [0.15, 0.2) is 0 Å². The van der Waals surface area contributed by atoms with Crippen LogP contribution < -0.4 is 0 Å². The molecule has 2 heterocycles. The van der Waals surface area contributed by atoms with Gasteiger partial charge in [0.05, 0.1) is 18.4 Å². The highest BCUT2D eigenvalue weighted by molar-refractivity contribution is 5.95. The maximum absolute atomic E-state index is 12.5. The number of hydrogen-bond acceptors (Lipinski definition) is 3. The Morgan fingerprint density at radius 3 is 2.71 bits per heavy atom. The summed E-state index contributed by atoms with van der Waals surface area (Å²) in [6.45, 7) is 4.63. The van der Waals surface area contributed by atoms with Crippen molar-refractivity contribution in [2.75, 3.05) is 13.1 Å². The lowest BCUT2D eigenvalue weighted by molar-refractivity contribution is 0.0412. The van der Waals surface area contributed by atoms with Crippen molar-refractivity contribution in [3.63, 3.8) is 0 Å². The second kappa shape index (κ2) is 5.04. The molecule has 21 heavy (non-hydrogen) atoms. The topological polar surface area (TPSA) is 53.7 Å². The molecule has 3 rings (SSSR count). The molecule has 2 aromatic rings. The van der Waals surface area contributed by atoms with Crippen LogP contribution in [0.3, 0.4) is 0 Å². The Morgan fingerprint density at radius 2 is 2.05 bits per heavy atom. The molecule has 0 radical (unpaired) electrons. The van der Waals surface area contributed by atoms with Gasteiger partial charge >= 0.3 is 0 Å². The molecule has 1 fully saturated rings. The number of rotatable bonds is 2.